The van der Waals surface area contributed by atoms with Crippen LogP contribution in [0.2, 0.25) is 0 Å². The Labute approximate surface area is 180 Å². The van der Waals surface area contributed by atoms with Crippen LogP contribution in [0.15, 0.2) is 78.9 Å². The molecule has 4 aromatic carbocycles. The van der Waals surface area contributed by atoms with Gasteiger partial charge < -0.3 is 0 Å². The van der Waals surface area contributed by atoms with E-state index in [2.05, 4.69) is 103 Å². The van der Waals surface area contributed by atoms with Crippen LogP contribution in [0.25, 0.3) is 54.5 Å². The topological polar surface area (TPSA) is 17.8 Å². The normalized spacial score (nSPS) is 12.2. The first-order valence-electron chi connectivity index (χ1n) is 10.3. The quantitative estimate of drug-likeness (QED) is 0.272. The van der Waals surface area contributed by atoms with Crippen LogP contribution in [0.4, 0.5) is 0 Å². The summed E-state index contributed by atoms with van der Waals surface area (Å²) in [5, 5.41) is 5.17. The number of aromatic nitrogens is 2. The van der Waals surface area contributed by atoms with Gasteiger partial charge in [0.25, 0.3) is 0 Å². The zero-order valence-electron chi connectivity index (χ0n) is 16.7. The van der Waals surface area contributed by atoms with Gasteiger partial charge in [0.1, 0.15) is 0 Å². The van der Waals surface area contributed by atoms with Crippen molar-refractivity contribution in [1.82, 2.24) is 9.55 Å². The van der Waals surface area contributed by atoms with E-state index in [1.165, 1.54) is 47.0 Å². The van der Waals surface area contributed by atoms with Crippen molar-refractivity contribution >= 4 is 69.0 Å². The molecular formula is C27H20N2Se. The third-order valence-corrected chi connectivity index (χ3v) is 7.90. The maximum absolute atomic E-state index is 4.98. The molecule has 0 saturated carbocycles. The van der Waals surface area contributed by atoms with Crippen molar-refractivity contribution in [2.45, 2.75) is 13.5 Å². The summed E-state index contributed by atoms with van der Waals surface area (Å²) in [7, 11) is 0. The molecule has 0 bridgehead atoms. The molecule has 0 aliphatic rings. The van der Waals surface area contributed by atoms with Crippen LogP contribution < -0.4 is 0 Å². The van der Waals surface area contributed by atoms with Gasteiger partial charge in [0, 0.05) is 0 Å². The molecule has 0 unspecified atom stereocenters. The van der Waals surface area contributed by atoms with Crippen molar-refractivity contribution in [3.63, 3.8) is 0 Å². The van der Waals surface area contributed by atoms with Crippen molar-refractivity contribution < 1.29 is 0 Å². The fourth-order valence-corrected chi connectivity index (χ4v) is 6.29. The molecule has 2 aromatic heterocycles. The first-order chi connectivity index (χ1) is 14.8. The van der Waals surface area contributed by atoms with Gasteiger partial charge in [0.05, 0.1) is 0 Å². The van der Waals surface area contributed by atoms with E-state index in [9.17, 15) is 0 Å². The van der Waals surface area contributed by atoms with Crippen molar-refractivity contribution in [3.05, 3.63) is 89.0 Å². The van der Waals surface area contributed by atoms with Gasteiger partial charge >= 0.3 is 181 Å². The third kappa shape index (κ3) is 2.74. The Morgan fingerprint density at radius 1 is 0.800 bits per heavy atom. The average Bonchev–Trinajstić information content (AvgIpc) is 3.36. The maximum atomic E-state index is 4.98. The zero-order valence-corrected chi connectivity index (χ0v) is 18.4. The van der Waals surface area contributed by atoms with Crippen LogP contribution in [-0.4, -0.2) is 24.1 Å². The first kappa shape index (κ1) is 17.7. The van der Waals surface area contributed by atoms with Gasteiger partial charge in [-0.15, -0.1) is 0 Å². The molecular weight excluding hydrogens is 431 g/mol. The van der Waals surface area contributed by atoms with Gasteiger partial charge in [-0.1, -0.05) is 0 Å². The summed E-state index contributed by atoms with van der Waals surface area (Å²) in [5.74, 6) is 0. The number of rotatable bonds is 3. The van der Waals surface area contributed by atoms with Crippen molar-refractivity contribution in [2.24, 2.45) is 0 Å². The summed E-state index contributed by atoms with van der Waals surface area (Å²) in [6.07, 6.45) is 4.42. The Morgan fingerprint density at radius 3 is 2.50 bits per heavy atom. The molecule has 6 rings (SSSR count). The predicted octanol–water partition coefficient (Wildman–Crippen LogP) is 6.74. The summed E-state index contributed by atoms with van der Waals surface area (Å²) >= 11 is 0.262. The van der Waals surface area contributed by atoms with Gasteiger partial charge in [-0.25, -0.2) is 0 Å². The average molecular weight is 451 g/mol. The molecule has 2 nitrogen and oxygen atoms in total. The Bertz CT molecular complexity index is 1580. The van der Waals surface area contributed by atoms with E-state index in [1.54, 1.807) is 0 Å². The fourth-order valence-electron chi connectivity index (χ4n) is 4.43. The number of hydrogen-bond acceptors (Lipinski definition) is 1. The summed E-state index contributed by atoms with van der Waals surface area (Å²) in [6.45, 7) is 3.19. The third-order valence-electron chi connectivity index (χ3n) is 5.83. The van der Waals surface area contributed by atoms with Gasteiger partial charge in [0.15, 0.2) is 0 Å². The zero-order chi connectivity index (χ0) is 20.1. The first-order valence-corrected chi connectivity index (χ1v) is 12.0. The van der Waals surface area contributed by atoms with E-state index in [-0.39, 0.29) is 14.5 Å². The molecule has 0 aliphatic carbocycles. The van der Waals surface area contributed by atoms with Crippen LogP contribution in [0, 0.1) is 0 Å². The van der Waals surface area contributed by atoms with Crippen LogP contribution in [0.3, 0.4) is 0 Å². The number of nitrogens with zero attached hydrogens (tertiary/aromatic N) is 2. The van der Waals surface area contributed by atoms with Crippen LogP contribution >= 0.6 is 0 Å². The van der Waals surface area contributed by atoms with E-state index in [1.807, 2.05) is 0 Å². The summed E-state index contributed by atoms with van der Waals surface area (Å²) in [5.41, 5.74) is 4.99. The van der Waals surface area contributed by atoms with E-state index in [0.717, 1.165) is 12.1 Å². The second kappa shape index (κ2) is 6.98. The number of hydrogen-bond donors (Lipinski definition) is 0. The molecule has 144 valence electrons. The molecule has 6 aromatic rings. The molecule has 3 heteroatoms. The second-order valence-corrected chi connectivity index (χ2v) is 9.79. The Morgan fingerprint density at radius 2 is 1.60 bits per heavy atom. The predicted molar refractivity (Wildman–Crippen MR) is 130 cm³/mol. The second-order valence-electron chi connectivity index (χ2n) is 7.56. The molecule has 0 spiro atoms. The number of fused-ring (bicyclic) bond motifs is 6. The van der Waals surface area contributed by atoms with Crippen LogP contribution in [0.5, 0.6) is 0 Å². The molecule has 30 heavy (non-hydrogen) atoms. The Kier molecular flexibility index (Phi) is 4.12. The van der Waals surface area contributed by atoms with Crippen molar-refractivity contribution in [3.8, 4) is 0 Å². The summed E-state index contributed by atoms with van der Waals surface area (Å²) in [6, 6.07) is 28.5. The minimum absolute atomic E-state index is 0.262. The van der Waals surface area contributed by atoms with Crippen molar-refractivity contribution in [1.29, 1.82) is 0 Å². The minimum atomic E-state index is 0.262. The van der Waals surface area contributed by atoms with E-state index in [4.69, 9.17) is 4.98 Å². The molecule has 0 radical (unpaired) electrons. The summed E-state index contributed by atoms with van der Waals surface area (Å²) in [4.78, 5) is 4.98. The molecule has 0 atom stereocenters. The molecule has 0 amide bonds. The Balaban J connectivity index is 1.44. The van der Waals surface area contributed by atoms with Crippen LogP contribution in [0.1, 0.15) is 17.1 Å². The Hall–Kier alpha value is -3.13. The fraction of sp³-hybridized carbons (Fsp3) is 0.0741. The van der Waals surface area contributed by atoms with Crippen molar-refractivity contribution in [2.75, 3.05) is 0 Å². The molecule has 2 heterocycles. The van der Waals surface area contributed by atoms with E-state index < -0.39 is 0 Å². The number of benzene rings is 4. The molecule has 0 saturated heterocycles. The van der Waals surface area contributed by atoms with Gasteiger partial charge in [0.2, 0.25) is 0 Å². The van der Waals surface area contributed by atoms with Gasteiger partial charge in [-0.3, -0.25) is 0 Å². The van der Waals surface area contributed by atoms with Gasteiger partial charge in [-0.2, -0.15) is 0 Å². The number of aryl methyl sites for hydroxylation is 1. The number of para-hydroxylation sites is 1. The molecule has 0 aliphatic heterocycles. The van der Waals surface area contributed by atoms with Gasteiger partial charge in [-0.05, 0) is 0 Å². The SMILES string of the molecule is CCn1c2ccccc2c2cc(/C=C/c3nc4c(ccc5ccccc54)[se]3)ccc21. The standard InChI is InChI=1S/C27H20N2Se/c1-2-29-23-10-6-5-9-21(23)22-17-18(11-14-24(22)29)12-16-26-28-27-20-8-4-3-7-19(20)13-15-25(27)30-26/h3-17H,2H2,1H3/b16-12+. The van der Waals surface area contributed by atoms with E-state index >= 15 is 0 Å². The van der Waals surface area contributed by atoms with E-state index in [0.29, 0.717) is 0 Å². The molecule has 0 fully saturated rings. The molecule has 0 N–H and O–H groups in total. The van der Waals surface area contributed by atoms with Crippen LogP contribution in [-0.2, 0) is 6.54 Å². The summed E-state index contributed by atoms with van der Waals surface area (Å²) < 4.78 is 4.96. The monoisotopic (exact) mass is 452 g/mol.